The van der Waals surface area contributed by atoms with Crippen LogP contribution in [0.1, 0.15) is 28.3 Å². The molecule has 2 aromatic carbocycles. The van der Waals surface area contributed by atoms with Crippen LogP contribution in [0, 0.1) is 32.1 Å². The van der Waals surface area contributed by atoms with Crippen LogP contribution in [0.2, 0.25) is 0 Å². The lowest BCUT2D eigenvalue weighted by Crippen LogP contribution is -1.98. The molecule has 0 unspecified atom stereocenters. The molecule has 0 radical (unpaired) electrons. The monoisotopic (exact) mass is 352 g/mol. The minimum absolute atomic E-state index is 0.525. The van der Waals surface area contributed by atoms with E-state index >= 15 is 0 Å². The van der Waals surface area contributed by atoms with E-state index in [0.29, 0.717) is 11.4 Å². The molecule has 2 aromatic heterocycles. The van der Waals surface area contributed by atoms with E-state index in [0.717, 1.165) is 39.2 Å². The predicted molar refractivity (Wildman–Crippen MR) is 110 cm³/mol. The lowest BCUT2D eigenvalue weighted by Gasteiger charge is -2.09. The highest BCUT2D eigenvalue weighted by Crippen LogP contribution is 2.25. The molecule has 0 atom stereocenters. The fraction of sp³-hybridized carbons (Fsp3) is 0.130. The van der Waals surface area contributed by atoms with E-state index in [1.165, 1.54) is 0 Å². The second kappa shape index (κ2) is 6.62. The standard InChI is InChI=1S/C23H20N4/c1-15-9-10-21-22(11-15)26-23(25-21)19(14-24)13-18-12-16(2)27(17(18)3)20-7-5-4-6-8-20/h4-13H,1-3H3,(H,25,26). The summed E-state index contributed by atoms with van der Waals surface area (Å²) in [6.45, 7) is 6.19. The molecule has 4 aromatic rings. The molecule has 0 aliphatic carbocycles. The van der Waals surface area contributed by atoms with Crippen LogP contribution in [-0.2, 0) is 0 Å². The molecule has 0 fully saturated rings. The Labute approximate surface area is 158 Å². The highest BCUT2D eigenvalue weighted by atomic mass is 15.0. The van der Waals surface area contributed by atoms with Crippen molar-refractivity contribution in [3.8, 4) is 11.8 Å². The quantitative estimate of drug-likeness (QED) is 0.506. The van der Waals surface area contributed by atoms with Gasteiger partial charge < -0.3 is 9.55 Å². The van der Waals surface area contributed by atoms with Crippen LogP contribution in [0.15, 0.2) is 54.6 Å². The number of aromatic nitrogens is 3. The largest absolute Gasteiger partial charge is 0.337 e. The van der Waals surface area contributed by atoms with E-state index in [1.54, 1.807) is 0 Å². The first-order valence-corrected chi connectivity index (χ1v) is 8.90. The Kier molecular flexibility index (Phi) is 4.13. The van der Waals surface area contributed by atoms with Crippen molar-refractivity contribution in [1.29, 1.82) is 5.26 Å². The number of imidazole rings is 1. The van der Waals surface area contributed by atoms with Crippen LogP contribution in [0.4, 0.5) is 0 Å². The second-order valence-electron chi connectivity index (χ2n) is 6.77. The highest BCUT2D eigenvalue weighted by Gasteiger charge is 2.13. The summed E-state index contributed by atoms with van der Waals surface area (Å²) in [5.74, 6) is 0.600. The summed E-state index contributed by atoms with van der Waals surface area (Å²) in [7, 11) is 0. The van der Waals surface area contributed by atoms with Crippen LogP contribution in [0.3, 0.4) is 0 Å². The lowest BCUT2D eigenvalue weighted by molar-refractivity contribution is 0.964. The van der Waals surface area contributed by atoms with Crippen molar-refractivity contribution in [3.63, 3.8) is 0 Å². The molecule has 0 aliphatic rings. The maximum absolute atomic E-state index is 9.72. The summed E-state index contributed by atoms with van der Waals surface area (Å²) >= 11 is 0. The van der Waals surface area contributed by atoms with Gasteiger partial charge in [0.1, 0.15) is 11.9 Å². The summed E-state index contributed by atoms with van der Waals surface area (Å²) in [5, 5.41) is 9.72. The predicted octanol–water partition coefficient (Wildman–Crippen LogP) is 5.34. The Balaban J connectivity index is 1.80. The van der Waals surface area contributed by atoms with Crippen molar-refractivity contribution in [3.05, 3.63) is 82.9 Å². The van der Waals surface area contributed by atoms with Gasteiger partial charge in [0, 0.05) is 17.1 Å². The van der Waals surface area contributed by atoms with Crippen molar-refractivity contribution >= 4 is 22.7 Å². The number of H-pyrrole nitrogens is 1. The van der Waals surface area contributed by atoms with E-state index in [9.17, 15) is 5.26 Å². The van der Waals surface area contributed by atoms with Crippen molar-refractivity contribution in [1.82, 2.24) is 14.5 Å². The van der Waals surface area contributed by atoms with Crippen molar-refractivity contribution in [2.24, 2.45) is 0 Å². The number of aromatic amines is 1. The number of para-hydroxylation sites is 1. The smallest absolute Gasteiger partial charge is 0.149 e. The number of allylic oxidation sites excluding steroid dienone is 1. The highest BCUT2D eigenvalue weighted by molar-refractivity contribution is 5.91. The Morgan fingerprint density at radius 2 is 1.85 bits per heavy atom. The van der Waals surface area contributed by atoms with Crippen LogP contribution in [-0.4, -0.2) is 14.5 Å². The zero-order chi connectivity index (χ0) is 19.0. The third kappa shape index (κ3) is 3.04. The van der Waals surface area contributed by atoms with Gasteiger partial charge in [0.05, 0.1) is 16.6 Å². The van der Waals surface area contributed by atoms with Gasteiger partial charge in [0.25, 0.3) is 0 Å². The lowest BCUT2D eigenvalue weighted by atomic mass is 10.1. The average Bonchev–Trinajstić information content (AvgIpc) is 3.20. The fourth-order valence-corrected chi connectivity index (χ4v) is 3.47. The molecule has 0 saturated carbocycles. The van der Waals surface area contributed by atoms with Gasteiger partial charge >= 0.3 is 0 Å². The van der Waals surface area contributed by atoms with Crippen molar-refractivity contribution < 1.29 is 0 Å². The van der Waals surface area contributed by atoms with Crippen LogP contribution < -0.4 is 0 Å². The Morgan fingerprint density at radius 3 is 2.59 bits per heavy atom. The van der Waals surface area contributed by atoms with Gasteiger partial charge in [-0.15, -0.1) is 0 Å². The molecule has 0 amide bonds. The molecule has 4 rings (SSSR count). The fourth-order valence-electron chi connectivity index (χ4n) is 3.47. The first-order chi connectivity index (χ1) is 13.1. The first kappa shape index (κ1) is 16.9. The van der Waals surface area contributed by atoms with Gasteiger partial charge in [-0.2, -0.15) is 5.26 Å². The third-order valence-corrected chi connectivity index (χ3v) is 4.80. The number of hydrogen-bond acceptors (Lipinski definition) is 2. The van der Waals surface area contributed by atoms with Crippen molar-refractivity contribution in [2.45, 2.75) is 20.8 Å². The molecule has 1 N–H and O–H groups in total. The molecule has 0 bridgehead atoms. The zero-order valence-electron chi connectivity index (χ0n) is 15.6. The summed E-state index contributed by atoms with van der Waals surface area (Å²) in [5.41, 5.74) is 7.85. The molecule has 2 heterocycles. The molecular formula is C23H20N4. The molecule has 132 valence electrons. The Morgan fingerprint density at radius 1 is 1.07 bits per heavy atom. The molecule has 0 saturated heterocycles. The topological polar surface area (TPSA) is 57.4 Å². The van der Waals surface area contributed by atoms with Gasteiger partial charge in [-0.1, -0.05) is 24.3 Å². The Bertz CT molecular complexity index is 1200. The van der Waals surface area contributed by atoms with Crippen LogP contribution in [0.5, 0.6) is 0 Å². The number of hydrogen-bond donors (Lipinski definition) is 1. The van der Waals surface area contributed by atoms with Crippen molar-refractivity contribution in [2.75, 3.05) is 0 Å². The molecule has 27 heavy (non-hydrogen) atoms. The summed E-state index contributed by atoms with van der Waals surface area (Å²) in [6.07, 6.45) is 1.91. The molecule has 0 aliphatic heterocycles. The van der Waals surface area contributed by atoms with E-state index in [-0.39, 0.29) is 0 Å². The summed E-state index contributed by atoms with van der Waals surface area (Å²) in [6, 6.07) is 20.7. The first-order valence-electron chi connectivity index (χ1n) is 8.90. The van der Waals surface area contributed by atoms with Gasteiger partial charge in [-0.25, -0.2) is 4.98 Å². The van der Waals surface area contributed by atoms with E-state index in [4.69, 9.17) is 0 Å². The molecule has 4 nitrogen and oxygen atoms in total. The normalized spacial score (nSPS) is 11.7. The zero-order valence-corrected chi connectivity index (χ0v) is 15.6. The number of aryl methyl sites for hydroxylation is 2. The third-order valence-electron chi connectivity index (χ3n) is 4.80. The van der Waals surface area contributed by atoms with E-state index in [1.807, 2.05) is 49.4 Å². The number of nitriles is 1. The maximum Gasteiger partial charge on any atom is 0.149 e. The number of rotatable bonds is 3. The number of benzene rings is 2. The van der Waals surface area contributed by atoms with Crippen LogP contribution >= 0.6 is 0 Å². The van der Waals surface area contributed by atoms with Crippen LogP contribution in [0.25, 0.3) is 28.4 Å². The second-order valence-corrected chi connectivity index (χ2v) is 6.77. The minimum Gasteiger partial charge on any atom is -0.337 e. The van der Waals surface area contributed by atoms with E-state index < -0.39 is 0 Å². The van der Waals surface area contributed by atoms with Gasteiger partial charge in [0.15, 0.2) is 0 Å². The SMILES string of the molecule is Cc1ccc2nc(C(C#N)=Cc3cc(C)n(-c4ccccc4)c3C)[nH]c2c1. The summed E-state index contributed by atoms with van der Waals surface area (Å²) in [4.78, 5) is 7.86. The van der Waals surface area contributed by atoms with E-state index in [2.05, 4.69) is 52.7 Å². The minimum atomic E-state index is 0.525. The number of nitrogens with zero attached hydrogens (tertiary/aromatic N) is 3. The maximum atomic E-state index is 9.72. The molecule has 4 heteroatoms. The summed E-state index contributed by atoms with van der Waals surface area (Å²) < 4.78 is 2.20. The van der Waals surface area contributed by atoms with Gasteiger partial charge in [-0.05, 0) is 68.3 Å². The van der Waals surface area contributed by atoms with Gasteiger partial charge in [0.2, 0.25) is 0 Å². The average molecular weight is 352 g/mol. The number of nitrogens with one attached hydrogen (secondary N) is 1. The van der Waals surface area contributed by atoms with Gasteiger partial charge in [-0.3, -0.25) is 0 Å². The Hall–Kier alpha value is -3.58. The number of fused-ring (bicyclic) bond motifs is 1. The molecular weight excluding hydrogens is 332 g/mol. The molecule has 0 spiro atoms.